The van der Waals surface area contributed by atoms with E-state index in [-0.39, 0.29) is 30.4 Å². The highest BCUT2D eigenvalue weighted by atomic mass is 32.2. The van der Waals surface area contributed by atoms with Gasteiger partial charge in [0, 0.05) is 26.2 Å². The lowest BCUT2D eigenvalue weighted by molar-refractivity contribution is 0.0925. The molecule has 0 aliphatic carbocycles. The molecule has 1 aromatic rings. The van der Waals surface area contributed by atoms with Crippen LogP contribution in [0.5, 0.6) is 0 Å². The van der Waals surface area contributed by atoms with Crippen LogP contribution in [0.15, 0.2) is 18.5 Å². The van der Waals surface area contributed by atoms with Crippen molar-refractivity contribution < 1.29 is 22.3 Å². The van der Waals surface area contributed by atoms with Gasteiger partial charge in [0.15, 0.2) is 0 Å². The van der Waals surface area contributed by atoms with Gasteiger partial charge in [0.05, 0.1) is 36.8 Å². The molecule has 0 bridgehead atoms. The van der Waals surface area contributed by atoms with Crippen molar-refractivity contribution in [1.82, 2.24) is 14.6 Å². The SMILES string of the molecule is CN(C)S(=O)(=O)C[C@@H]1COC[C@H]1NC(=O)c1cncc(F)c1. The number of carbonyl (C=O) groups is 1. The van der Waals surface area contributed by atoms with Crippen LogP contribution in [0.2, 0.25) is 0 Å². The minimum Gasteiger partial charge on any atom is -0.379 e. The van der Waals surface area contributed by atoms with E-state index in [1.807, 2.05) is 0 Å². The smallest absolute Gasteiger partial charge is 0.253 e. The summed E-state index contributed by atoms with van der Waals surface area (Å²) in [7, 11) is -0.481. The van der Waals surface area contributed by atoms with Gasteiger partial charge in [0.1, 0.15) is 5.82 Å². The second-order valence-electron chi connectivity index (χ2n) is 5.33. The van der Waals surface area contributed by atoms with Crippen LogP contribution >= 0.6 is 0 Å². The fourth-order valence-corrected chi connectivity index (χ4v) is 3.30. The van der Waals surface area contributed by atoms with Gasteiger partial charge >= 0.3 is 0 Å². The number of ether oxygens (including phenoxy) is 1. The number of hydrogen-bond donors (Lipinski definition) is 1. The number of pyridine rings is 1. The Hall–Kier alpha value is -1.58. The molecule has 1 aliphatic rings. The van der Waals surface area contributed by atoms with Gasteiger partial charge in [-0.2, -0.15) is 0 Å². The number of halogens is 1. The van der Waals surface area contributed by atoms with Crippen LogP contribution in [0.1, 0.15) is 10.4 Å². The summed E-state index contributed by atoms with van der Waals surface area (Å²) in [5, 5.41) is 2.68. The van der Waals surface area contributed by atoms with Crippen molar-refractivity contribution in [1.29, 1.82) is 0 Å². The van der Waals surface area contributed by atoms with E-state index >= 15 is 0 Å². The molecular formula is C13H18FN3O4S. The highest BCUT2D eigenvalue weighted by molar-refractivity contribution is 7.89. The molecular weight excluding hydrogens is 313 g/mol. The third-order valence-electron chi connectivity index (χ3n) is 3.46. The zero-order chi connectivity index (χ0) is 16.3. The maximum Gasteiger partial charge on any atom is 0.253 e. The molecule has 1 amide bonds. The first kappa shape index (κ1) is 16.8. The molecule has 122 valence electrons. The largest absolute Gasteiger partial charge is 0.379 e. The highest BCUT2D eigenvalue weighted by Gasteiger charge is 2.34. The van der Waals surface area contributed by atoms with Gasteiger partial charge in [-0.3, -0.25) is 9.78 Å². The summed E-state index contributed by atoms with van der Waals surface area (Å²) in [6.45, 7) is 0.474. The van der Waals surface area contributed by atoms with E-state index in [1.165, 1.54) is 20.3 Å². The van der Waals surface area contributed by atoms with Crippen LogP contribution in [0, 0.1) is 11.7 Å². The predicted molar refractivity (Wildman–Crippen MR) is 77.2 cm³/mol. The Morgan fingerprint density at radius 3 is 2.82 bits per heavy atom. The third-order valence-corrected chi connectivity index (χ3v) is 5.43. The zero-order valence-corrected chi connectivity index (χ0v) is 13.1. The van der Waals surface area contributed by atoms with E-state index in [4.69, 9.17) is 4.74 Å². The molecule has 0 saturated carbocycles. The molecule has 1 aromatic heterocycles. The normalized spacial score (nSPS) is 22.0. The van der Waals surface area contributed by atoms with E-state index in [9.17, 15) is 17.6 Å². The average Bonchev–Trinajstić information content (AvgIpc) is 2.85. The van der Waals surface area contributed by atoms with Crippen LogP contribution in [-0.4, -0.2) is 62.7 Å². The summed E-state index contributed by atoms with van der Waals surface area (Å²) < 4.78 is 43.3. The van der Waals surface area contributed by atoms with Gasteiger partial charge in [0.25, 0.3) is 5.91 Å². The van der Waals surface area contributed by atoms with Gasteiger partial charge in [-0.25, -0.2) is 17.1 Å². The lowest BCUT2D eigenvalue weighted by atomic mass is 10.1. The quantitative estimate of drug-likeness (QED) is 0.811. The molecule has 0 unspecified atom stereocenters. The summed E-state index contributed by atoms with van der Waals surface area (Å²) in [6.07, 6.45) is 2.25. The Kier molecular flexibility index (Phi) is 5.09. The van der Waals surface area contributed by atoms with Crippen LogP contribution in [-0.2, 0) is 14.8 Å². The Labute approximate surface area is 128 Å². The molecule has 1 fully saturated rings. The number of carbonyl (C=O) groups excluding carboxylic acids is 1. The molecule has 0 aromatic carbocycles. The van der Waals surface area contributed by atoms with Crippen LogP contribution in [0.3, 0.4) is 0 Å². The summed E-state index contributed by atoms with van der Waals surface area (Å²) in [5.41, 5.74) is 0.0844. The highest BCUT2D eigenvalue weighted by Crippen LogP contribution is 2.17. The average molecular weight is 331 g/mol. The predicted octanol–water partition coefficient (Wildman–Crippen LogP) is -0.143. The second kappa shape index (κ2) is 6.67. The first-order valence-corrected chi connectivity index (χ1v) is 8.30. The number of hydrogen-bond acceptors (Lipinski definition) is 5. The fraction of sp³-hybridized carbons (Fsp3) is 0.538. The zero-order valence-electron chi connectivity index (χ0n) is 12.3. The number of sulfonamides is 1. The first-order valence-electron chi connectivity index (χ1n) is 6.69. The van der Waals surface area contributed by atoms with Gasteiger partial charge in [-0.05, 0) is 6.07 Å². The van der Waals surface area contributed by atoms with Crippen LogP contribution < -0.4 is 5.32 Å². The molecule has 1 saturated heterocycles. The number of nitrogens with one attached hydrogen (secondary N) is 1. The van der Waals surface area contributed by atoms with E-state index in [1.54, 1.807) is 0 Å². The van der Waals surface area contributed by atoms with E-state index in [2.05, 4.69) is 10.3 Å². The minimum atomic E-state index is -3.39. The summed E-state index contributed by atoms with van der Waals surface area (Å²) in [4.78, 5) is 15.7. The lowest BCUT2D eigenvalue weighted by Gasteiger charge is -2.21. The van der Waals surface area contributed by atoms with Crippen molar-refractivity contribution >= 4 is 15.9 Å². The van der Waals surface area contributed by atoms with Gasteiger partial charge in [-0.15, -0.1) is 0 Å². The third kappa shape index (κ3) is 3.99. The van der Waals surface area contributed by atoms with Crippen molar-refractivity contribution in [2.45, 2.75) is 6.04 Å². The van der Waals surface area contributed by atoms with Gasteiger partial charge < -0.3 is 10.1 Å². The molecule has 2 atom stereocenters. The number of rotatable bonds is 5. The summed E-state index contributed by atoms with van der Waals surface area (Å²) in [5.74, 6) is -1.58. The monoisotopic (exact) mass is 331 g/mol. The molecule has 1 aliphatic heterocycles. The number of aromatic nitrogens is 1. The molecule has 2 heterocycles. The van der Waals surface area contributed by atoms with E-state index in [0.29, 0.717) is 0 Å². The number of nitrogens with zero attached hydrogens (tertiary/aromatic N) is 2. The van der Waals surface area contributed by atoms with Crippen molar-refractivity contribution in [2.24, 2.45) is 5.92 Å². The lowest BCUT2D eigenvalue weighted by Crippen LogP contribution is -2.43. The standard InChI is InChI=1S/C13H18FN3O4S/c1-17(2)22(19,20)8-10-6-21-7-12(10)16-13(18)9-3-11(14)5-15-4-9/h3-5,10,12H,6-8H2,1-2H3,(H,16,18)/t10-,12+/m0/s1. The second-order valence-corrected chi connectivity index (χ2v) is 7.56. The topological polar surface area (TPSA) is 88.6 Å². The Bertz CT molecular complexity index is 650. The Balaban J connectivity index is 2.04. The summed E-state index contributed by atoms with van der Waals surface area (Å²) >= 11 is 0. The molecule has 2 rings (SSSR count). The maximum absolute atomic E-state index is 13.1. The van der Waals surface area contributed by atoms with Crippen molar-refractivity contribution in [2.75, 3.05) is 33.1 Å². The summed E-state index contributed by atoms with van der Waals surface area (Å²) in [6, 6.07) is 0.634. The van der Waals surface area contributed by atoms with Crippen molar-refractivity contribution in [3.8, 4) is 0 Å². The van der Waals surface area contributed by atoms with E-state index < -0.39 is 27.8 Å². The van der Waals surface area contributed by atoms with Crippen LogP contribution in [0.4, 0.5) is 4.39 Å². The molecule has 0 spiro atoms. The fourth-order valence-electron chi connectivity index (χ4n) is 2.13. The van der Waals surface area contributed by atoms with Crippen LogP contribution in [0.25, 0.3) is 0 Å². The number of amides is 1. The molecule has 1 N–H and O–H groups in total. The molecule has 9 heteroatoms. The van der Waals surface area contributed by atoms with Crippen molar-refractivity contribution in [3.63, 3.8) is 0 Å². The first-order chi connectivity index (χ1) is 10.3. The van der Waals surface area contributed by atoms with Gasteiger partial charge in [-0.1, -0.05) is 0 Å². The van der Waals surface area contributed by atoms with Crippen molar-refractivity contribution in [3.05, 3.63) is 29.8 Å². The molecule has 22 heavy (non-hydrogen) atoms. The Morgan fingerprint density at radius 2 is 2.18 bits per heavy atom. The van der Waals surface area contributed by atoms with E-state index in [0.717, 1.165) is 16.6 Å². The molecule has 7 nitrogen and oxygen atoms in total. The minimum absolute atomic E-state index is 0.0844. The molecule has 0 radical (unpaired) electrons. The maximum atomic E-state index is 13.1. The Morgan fingerprint density at radius 1 is 1.45 bits per heavy atom. The van der Waals surface area contributed by atoms with Gasteiger partial charge in [0.2, 0.25) is 10.0 Å².